The topological polar surface area (TPSA) is 55.6 Å². The summed E-state index contributed by atoms with van der Waals surface area (Å²) in [6.07, 6.45) is 1.79. The van der Waals surface area contributed by atoms with Gasteiger partial charge in [0.05, 0.1) is 5.56 Å². The predicted octanol–water partition coefficient (Wildman–Crippen LogP) is 3.14. The van der Waals surface area contributed by atoms with Gasteiger partial charge in [0.15, 0.2) is 0 Å². The SMILES string of the molecule is CC(N)C1CCCN(C(=O)c2cc(Cl)ccc2OC(F)F)C1. The highest BCUT2D eigenvalue weighted by atomic mass is 35.5. The maximum Gasteiger partial charge on any atom is 0.387 e. The molecule has 1 heterocycles. The van der Waals surface area contributed by atoms with Gasteiger partial charge in [-0.25, -0.2) is 0 Å². The fourth-order valence-corrected chi connectivity index (χ4v) is 2.83. The molecule has 0 aromatic heterocycles. The molecule has 4 nitrogen and oxygen atoms in total. The van der Waals surface area contributed by atoms with E-state index in [1.807, 2.05) is 6.92 Å². The van der Waals surface area contributed by atoms with Crippen molar-refractivity contribution in [1.82, 2.24) is 4.90 Å². The Hall–Kier alpha value is -1.40. The first-order valence-corrected chi connectivity index (χ1v) is 7.55. The van der Waals surface area contributed by atoms with Crippen LogP contribution in [0.2, 0.25) is 5.02 Å². The number of amides is 1. The van der Waals surface area contributed by atoms with Gasteiger partial charge >= 0.3 is 6.61 Å². The smallest absolute Gasteiger partial charge is 0.387 e. The Kier molecular flexibility index (Phi) is 5.58. The largest absolute Gasteiger partial charge is 0.434 e. The summed E-state index contributed by atoms with van der Waals surface area (Å²) in [7, 11) is 0. The quantitative estimate of drug-likeness (QED) is 0.921. The molecule has 0 spiro atoms. The van der Waals surface area contributed by atoms with Crippen molar-refractivity contribution in [3.8, 4) is 5.75 Å². The van der Waals surface area contributed by atoms with Gasteiger partial charge in [-0.2, -0.15) is 8.78 Å². The van der Waals surface area contributed by atoms with Gasteiger partial charge in [-0.1, -0.05) is 11.6 Å². The molecule has 7 heteroatoms. The van der Waals surface area contributed by atoms with Crippen molar-refractivity contribution >= 4 is 17.5 Å². The van der Waals surface area contributed by atoms with E-state index in [2.05, 4.69) is 4.74 Å². The second kappa shape index (κ2) is 7.24. The molecular weight excluding hydrogens is 314 g/mol. The van der Waals surface area contributed by atoms with Gasteiger partial charge in [-0.05, 0) is 43.9 Å². The summed E-state index contributed by atoms with van der Waals surface area (Å²) in [6, 6.07) is 4.04. The highest BCUT2D eigenvalue weighted by molar-refractivity contribution is 6.31. The molecule has 1 aliphatic rings. The summed E-state index contributed by atoms with van der Waals surface area (Å²) >= 11 is 5.88. The molecule has 1 amide bonds. The number of alkyl halides is 2. The lowest BCUT2D eigenvalue weighted by atomic mass is 9.92. The number of benzene rings is 1. The van der Waals surface area contributed by atoms with Gasteiger partial charge in [0.2, 0.25) is 0 Å². The van der Waals surface area contributed by atoms with E-state index in [1.165, 1.54) is 18.2 Å². The highest BCUT2D eigenvalue weighted by Gasteiger charge is 2.28. The zero-order chi connectivity index (χ0) is 16.3. The molecule has 0 radical (unpaired) electrons. The van der Waals surface area contributed by atoms with Gasteiger partial charge in [0.25, 0.3) is 5.91 Å². The van der Waals surface area contributed by atoms with Crippen molar-refractivity contribution in [3.05, 3.63) is 28.8 Å². The van der Waals surface area contributed by atoms with Crippen LogP contribution in [0.25, 0.3) is 0 Å². The summed E-state index contributed by atoms with van der Waals surface area (Å²) in [5.41, 5.74) is 5.96. The van der Waals surface area contributed by atoms with Crippen LogP contribution < -0.4 is 10.5 Å². The second-order valence-corrected chi connectivity index (χ2v) is 5.97. The van der Waals surface area contributed by atoms with E-state index < -0.39 is 6.61 Å². The van der Waals surface area contributed by atoms with Crippen LogP contribution in [0.15, 0.2) is 18.2 Å². The zero-order valence-corrected chi connectivity index (χ0v) is 13.0. The van der Waals surface area contributed by atoms with E-state index in [0.717, 1.165) is 12.8 Å². The molecular formula is C15H19ClF2N2O2. The summed E-state index contributed by atoms with van der Waals surface area (Å²) in [5, 5.41) is 0.297. The first kappa shape index (κ1) is 17.0. The van der Waals surface area contributed by atoms with Crippen molar-refractivity contribution in [2.75, 3.05) is 13.1 Å². The third-order valence-corrected chi connectivity index (χ3v) is 4.11. The van der Waals surface area contributed by atoms with Crippen LogP contribution in [0.4, 0.5) is 8.78 Å². The van der Waals surface area contributed by atoms with Gasteiger partial charge in [-0.15, -0.1) is 0 Å². The van der Waals surface area contributed by atoms with E-state index in [0.29, 0.717) is 18.1 Å². The summed E-state index contributed by atoms with van der Waals surface area (Å²) < 4.78 is 29.4. The molecule has 2 unspecified atom stereocenters. The Morgan fingerprint density at radius 1 is 1.50 bits per heavy atom. The summed E-state index contributed by atoms with van der Waals surface area (Å²) in [5.74, 6) is -0.313. The summed E-state index contributed by atoms with van der Waals surface area (Å²) in [6.45, 7) is -0.00528. The standard InChI is InChI=1S/C15H19ClF2N2O2/c1-9(19)10-3-2-6-20(8-10)14(21)12-7-11(16)4-5-13(12)22-15(17)18/h4-5,7,9-10,15H,2-3,6,8,19H2,1H3. The molecule has 1 saturated heterocycles. The number of carbonyl (C=O) groups is 1. The maximum absolute atomic E-state index is 12.6. The zero-order valence-electron chi connectivity index (χ0n) is 12.3. The third kappa shape index (κ3) is 4.08. The number of piperidine rings is 1. The lowest BCUT2D eigenvalue weighted by molar-refractivity contribution is -0.0503. The van der Waals surface area contributed by atoms with Crippen LogP contribution in [0.5, 0.6) is 5.75 Å². The van der Waals surface area contributed by atoms with Gasteiger partial charge < -0.3 is 15.4 Å². The van der Waals surface area contributed by atoms with Crippen molar-refractivity contribution < 1.29 is 18.3 Å². The molecule has 122 valence electrons. The van der Waals surface area contributed by atoms with Crippen molar-refractivity contribution in [3.63, 3.8) is 0 Å². The molecule has 0 saturated carbocycles. The number of rotatable bonds is 4. The van der Waals surface area contributed by atoms with Crippen molar-refractivity contribution in [2.24, 2.45) is 11.7 Å². The third-order valence-electron chi connectivity index (χ3n) is 3.88. The lowest BCUT2D eigenvalue weighted by Gasteiger charge is -2.35. The van der Waals surface area contributed by atoms with Crippen LogP contribution in [0.1, 0.15) is 30.1 Å². The van der Waals surface area contributed by atoms with Gasteiger partial charge in [0.1, 0.15) is 5.75 Å². The van der Waals surface area contributed by atoms with E-state index in [9.17, 15) is 13.6 Å². The molecule has 2 atom stereocenters. The van der Waals surface area contributed by atoms with E-state index in [-0.39, 0.29) is 29.2 Å². The fourth-order valence-electron chi connectivity index (χ4n) is 2.66. The number of nitrogens with zero attached hydrogens (tertiary/aromatic N) is 1. The summed E-state index contributed by atoms with van der Waals surface area (Å²) in [4.78, 5) is 14.3. The Labute approximate surface area is 133 Å². The van der Waals surface area contributed by atoms with E-state index in [4.69, 9.17) is 17.3 Å². The maximum atomic E-state index is 12.6. The fraction of sp³-hybridized carbons (Fsp3) is 0.533. The molecule has 1 aliphatic heterocycles. The van der Waals surface area contributed by atoms with Gasteiger partial charge in [-0.3, -0.25) is 4.79 Å². The Morgan fingerprint density at radius 2 is 2.23 bits per heavy atom. The Morgan fingerprint density at radius 3 is 2.86 bits per heavy atom. The molecule has 2 N–H and O–H groups in total. The van der Waals surface area contributed by atoms with Crippen LogP contribution in [-0.4, -0.2) is 36.5 Å². The van der Waals surface area contributed by atoms with E-state index >= 15 is 0 Å². The molecule has 2 rings (SSSR count). The average Bonchev–Trinajstić information content (AvgIpc) is 2.48. The normalized spacial score (nSPS) is 20.1. The molecule has 0 aliphatic carbocycles. The molecule has 1 aromatic rings. The minimum Gasteiger partial charge on any atom is -0.434 e. The average molecular weight is 333 g/mol. The molecule has 0 bridgehead atoms. The minimum atomic E-state index is -2.99. The van der Waals surface area contributed by atoms with Crippen LogP contribution in [0, 0.1) is 5.92 Å². The van der Waals surface area contributed by atoms with E-state index in [1.54, 1.807) is 4.90 Å². The minimum absolute atomic E-state index is 0.0215. The highest BCUT2D eigenvalue weighted by Crippen LogP contribution is 2.28. The van der Waals surface area contributed by atoms with Crippen LogP contribution in [0.3, 0.4) is 0 Å². The predicted molar refractivity (Wildman–Crippen MR) is 80.4 cm³/mol. The molecule has 1 aromatic carbocycles. The monoisotopic (exact) mass is 332 g/mol. The van der Waals surface area contributed by atoms with Crippen molar-refractivity contribution in [2.45, 2.75) is 32.4 Å². The number of hydrogen-bond donors (Lipinski definition) is 1. The second-order valence-electron chi connectivity index (χ2n) is 5.53. The lowest BCUT2D eigenvalue weighted by Crippen LogP contribution is -2.45. The van der Waals surface area contributed by atoms with Crippen molar-refractivity contribution in [1.29, 1.82) is 0 Å². The number of carbonyl (C=O) groups excluding carboxylic acids is 1. The van der Waals surface area contributed by atoms with Crippen LogP contribution >= 0.6 is 11.6 Å². The molecule has 1 fully saturated rings. The number of nitrogens with two attached hydrogens (primary N) is 1. The number of likely N-dealkylation sites (tertiary alicyclic amines) is 1. The van der Waals surface area contributed by atoms with Crippen LogP contribution in [-0.2, 0) is 0 Å². The Balaban J connectivity index is 2.22. The number of hydrogen-bond acceptors (Lipinski definition) is 3. The molecule has 22 heavy (non-hydrogen) atoms. The first-order chi connectivity index (χ1) is 10.4. The number of ether oxygens (including phenoxy) is 1. The van der Waals surface area contributed by atoms with Gasteiger partial charge in [0, 0.05) is 24.2 Å². The number of halogens is 3. The Bertz CT molecular complexity index is 540. The first-order valence-electron chi connectivity index (χ1n) is 7.17.